The minimum atomic E-state index is 0.383. The Morgan fingerprint density at radius 1 is 1.44 bits per heavy atom. The van der Waals surface area contributed by atoms with Gasteiger partial charge in [-0.05, 0) is 24.7 Å². The van der Waals surface area contributed by atoms with Crippen molar-refractivity contribution in [2.45, 2.75) is 47.6 Å². The van der Waals surface area contributed by atoms with Gasteiger partial charge in [-0.1, -0.05) is 27.7 Å². The van der Waals surface area contributed by atoms with E-state index in [0.717, 1.165) is 24.0 Å². The molecule has 0 aliphatic carbocycles. The molecular weight excluding hydrogens is 216 g/mol. The second-order valence-electron chi connectivity index (χ2n) is 5.71. The summed E-state index contributed by atoms with van der Waals surface area (Å²) in [5, 5.41) is 4.68. The zero-order valence-corrected chi connectivity index (χ0v) is 11.9. The fourth-order valence-corrected chi connectivity index (χ4v) is 2.95. The van der Waals surface area contributed by atoms with Crippen LogP contribution in [-0.2, 0) is 6.54 Å². The minimum absolute atomic E-state index is 0.383. The first-order valence-electron chi connectivity index (χ1n) is 6.01. The Labute approximate surface area is 103 Å². The quantitative estimate of drug-likeness (QED) is 0.821. The molecule has 1 rings (SSSR count). The fourth-order valence-electron chi connectivity index (χ4n) is 2.19. The fraction of sp³-hybridized carbons (Fsp3) is 0.769. The zero-order valence-electron chi connectivity index (χ0n) is 11.1. The van der Waals surface area contributed by atoms with Crippen molar-refractivity contribution >= 4 is 11.3 Å². The molecule has 3 heteroatoms. The number of aryl methyl sites for hydroxylation is 1. The lowest BCUT2D eigenvalue weighted by Crippen LogP contribution is -2.30. The van der Waals surface area contributed by atoms with Gasteiger partial charge >= 0.3 is 0 Å². The predicted molar refractivity (Wildman–Crippen MR) is 71.8 cm³/mol. The van der Waals surface area contributed by atoms with Gasteiger partial charge in [0, 0.05) is 24.2 Å². The molecule has 0 unspecified atom stereocenters. The van der Waals surface area contributed by atoms with Gasteiger partial charge in [0.05, 0.1) is 5.01 Å². The zero-order chi connectivity index (χ0) is 12.2. The van der Waals surface area contributed by atoms with E-state index in [1.807, 2.05) is 6.20 Å². The first-order chi connectivity index (χ1) is 7.39. The molecule has 0 saturated carbocycles. The summed E-state index contributed by atoms with van der Waals surface area (Å²) in [5.41, 5.74) is 0.383. The van der Waals surface area contributed by atoms with Gasteiger partial charge in [-0.2, -0.15) is 0 Å². The molecule has 0 aliphatic heterocycles. The van der Waals surface area contributed by atoms with Crippen LogP contribution < -0.4 is 5.32 Å². The highest BCUT2D eigenvalue weighted by Gasteiger charge is 2.18. The monoisotopic (exact) mass is 240 g/mol. The number of rotatable bonds is 6. The Morgan fingerprint density at radius 2 is 2.12 bits per heavy atom. The molecule has 0 amide bonds. The van der Waals surface area contributed by atoms with Crippen LogP contribution in [-0.4, -0.2) is 11.5 Å². The van der Waals surface area contributed by atoms with Crippen LogP contribution in [0.25, 0.3) is 0 Å². The molecule has 0 atom stereocenters. The SMILES string of the molecule is Cc1ncc(CNCC(C)(C)CC(C)C)s1. The maximum atomic E-state index is 4.26. The molecular formula is C13H24N2S. The minimum Gasteiger partial charge on any atom is -0.311 e. The third-order valence-corrected chi connectivity index (χ3v) is 3.45. The number of hydrogen-bond donors (Lipinski definition) is 1. The Kier molecular flexibility index (Phi) is 4.93. The third-order valence-electron chi connectivity index (χ3n) is 2.53. The largest absolute Gasteiger partial charge is 0.311 e. The van der Waals surface area contributed by atoms with Crippen LogP contribution in [0.15, 0.2) is 6.20 Å². The smallest absolute Gasteiger partial charge is 0.0897 e. The Hall–Kier alpha value is -0.410. The topological polar surface area (TPSA) is 24.9 Å². The predicted octanol–water partition coefficient (Wildman–Crippen LogP) is 3.61. The molecule has 1 heterocycles. The average Bonchev–Trinajstić information content (AvgIpc) is 2.48. The molecule has 2 nitrogen and oxygen atoms in total. The first-order valence-corrected chi connectivity index (χ1v) is 6.83. The van der Waals surface area contributed by atoms with E-state index >= 15 is 0 Å². The Bertz CT molecular complexity index is 315. The molecule has 0 spiro atoms. The second kappa shape index (κ2) is 5.78. The summed E-state index contributed by atoms with van der Waals surface area (Å²) in [6.45, 7) is 13.3. The Balaban J connectivity index is 2.29. The Morgan fingerprint density at radius 3 is 2.62 bits per heavy atom. The molecule has 0 aromatic carbocycles. The number of hydrogen-bond acceptors (Lipinski definition) is 3. The first kappa shape index (κ1) is 13.7. The number of nitrogens with one attached hydrogen (secondary N) is 1. The summed E-state index contributed by atoms with van der Waals surface area (Å²) in [7, 11) is 0. The molecule has 1 N–H and O–H groups in total. The maximum absolute atomic E-state index is 4.26. The molecule has 0 bridgehead atoms. The summed E-state index contributed by atoms with van der Waals surface area (Å²) >= 11 is 1.78. The maximum Gasteiger partial charge on any atom is 0.0897 e. The van der Waals surface area contributed by atoms with E-state index in [2.05, 4.69) is 44.9 Å². The van der Waals surface area contributed by atoms with Gasteiger partial charge in [0.25, 0.3) is 0 Å². The van der Waals surface area contributed by atoms with Crippen LogP contribution in [0, 0.1) is 18.3 Å². The summed E-state index contributed by atoms with van der Waals surface area (Å²) < 4.78 is 0. The van der Waals surface area contributed by atoms with Crippen LogP contribution in [0.3, 0.4) is 0 Å². The second-order valence-corrected chi connectivity index (χ2v) is 7.03. The van der Waals surface area contributed by atoms with Crippen molar-refractivity contribution < 1.29 is 0 Å². The molecule has 1 aromatic heterocycles. The molecule has 16 heavy (non-hydrogen) atoms. The molecule has 0 aliphatic rings. The van der Waals surface area contributed by atoms with E-state index in [1.54, 1.807) is 11.3 Å². The highest BCUT2D eigenvalue weighted by Crippen LogP contribution is 2.24. The molecule has 0 fully saturated rings. The van der Waals surface area contributed by atoms with Gasteiger partial charge in [0.1, 0.15) is 0 Å². The van der Waals surface area contributed by atoms with Gasteiger partial charge in [-0.25, -0.2) is 4.98 Å². The van der Waals surface area contributed by atoms with Crippen LogP contribution in [0.2, 0.25) is 0 Å². The van der Waals surface area contributed by atoms with Gasteiger partial charge in [0.15, 0.2) is 0 Å². The van der Waals surface area contributed by atoms with Crippen LogP contribution in [0.1, 0.15) is 44.0 Å². The number of aromatic nitrogens is 1. The van der Waals surface area contributed by atoms with Crippen molar-refractivity contribution in [3.05, 3.63) is 16.1 Å². The molecule has 92 valence electrons. The number of thiazole rings is 1. The lowest BCUT2D eigenvalue weighted by molar-refractivity contribution is 0.273. The van der Waals surface area contributed by atoms with Crippen molar-refractivity contribution in [3.63, 3.8) is 0 Å². The van der Waals surface area contributed by atoms with E-state index in [4.69, 9.17) is 0 Å². The van der Waals surface area contributed by atoms with Gasteiger partial charge in [0.2, 0.25) is 0 Å². The summed E-state index contributed by atoms with van der Waals surface area (Å²) in [6, 6.07) is 0. The van der Waals surface area contributed by atoms with Crippen molar-refractivity contribution in [1.82, 2.24) is 10.3 Å². The third kappa shape index (κ3) is 5.08. The summed E-state index contributed by atoms with van der Waals surface area (Å²) in [5.74, 6) is 0.766. The van der Waals surface area contributed by atoms with E-state index in [0.29, 0.717) is 5.41 Å². The lowest BCUT2D eigenvalue weighted by Gasteiger charge is -2.26. The molecule has 1 aromatic rings. The highest BCUT2D eigenvalue weighted by atomic mass is 32.1. The molecule has 0 saturated heterocycles. The van der Waals surface area contributed by atoms with Crippen LogP contribution in [0.5, 0.6) is 0 Å². The summed E-state index contributed by atoms with van der Waals surface area (Å²) in [4.78, 5) is 5.59. The highest BCUT2D eigenvalue weighted by molar-refractivity contribution is 7.11. The normalized spacial score (nSPS) is 12.4. The van der Waals surface area contributed by atoms with Gasteiger partial charge < -0.3 is 5.32 Å². The average molecular weight is 240 g/mol. The van der Waals surface area contributed by atoms with E-state index in [-0.39, 0.29) is 0 Å². The van der Waals surface area contributed by atoms with E-state index < -0.39 is 0 Å². The summed E-state index contributed by atoms with van der Waals surface area (Å²) in [6.07, 6.45) is 3.24. The standard InChI is InChI=1S/C13H24N2S/c1-10(2)6-13(4,5)9-14-7-12-8-15-11(3)16-12/h8,10,14H,6-7,9H2,1-5H3. The molecule has 0 radical (unpaired) electrons. The van der Waals surface area contributed by atoms with Crippen molar-refractivity contribution in [1.29, 1.82) is 0 Å². The van der Waals surface area contributed by atoms with E-state index in [1.165, 1.54) is 11.3 Å². The van der Waals surface area contributed by atoms with Crippen molar-refractivity contribution in [3.8, 4) is 0 Å². The van der Waals surface area contributed by atoms with Crippen LogP contribution >= 0.6 is 11.3 Å². The van der Waals surface area contributed by atoms with Gasteiger partial charge in [-0.3, -0.25) is 0 Å². The number of nitrogens with zero attached hydrogens (tertiary/aromatic N) is 1. The van der Waals surface area contributed by atoms with Crippen molar-refractivity contribution in [2.24, 2.45) is 11.3 Å². The van der Waals surface area contributed by atoms with Crippen LogP contribution in [0.4, 0.5) is 0 Å². The lowest BCUT2D eigenvalue weighted by atomic mass is 9.84. The van der Waals surface area contributed by atoms with Crippen molar-refractivity contribution in [2.75, 3.05) is 6.54 Å². The van der Waals surface area contributed by atoms with E-state index in [9.17, 15) is 0 Å². The van der Waals surface area contributed by atoms with Gasteiger partial charge in [-0.15, -0.1) is 11.3 Å².